The van der Waals surface area contributed by atoms with Gasteiger partial charge in [-0.2, -0.15) is 5.26 Å². The lowest BCUT2D eigenvalue weighted by Gasteiger charge is -2.17. The summed E-state index contributed by atoms with van der Waals surface area (Å²) in [6.45, 7) is 0. The van der Waals surface area contributed by atoms with Crippen LogP contribution in [0.25, 0.3) is 0 Å². The number of methoxy groups -OCH3 is 1. The SMILES string of the molecule is COC(=O)[C@H](Cc1ccccc1C#N)NC(=O)c1ccccn1. The molecule has 23 heavy (non-hydrogen) atoms. The molecule has 6 heteroatoms. The van der Waals surface area contributed by atoms with Gasteiger partial charge in [0.25, 0.3) is 5.91 Å². The molecule has 1 aromatic carbocycles. The van der Waals surface area contributed by atoms with Crippen molar-refractivity contribution in [1.29, 1.82) is 5.26 Å². The zero-order chi connectivity index (χ0) is 16.7. The van der Waals surface area contributed by atoms with E-state index in [1.165, 1.54) is 13.3 Å². The van der Waals surface area contributed by atoms with Crippen LogP contribution in [0, 0.1) is 11.3 Å². The van der Waals surface area contributed by atoms with Gasteiger partial charge in [0, 0.05) is 12.6 Å². The minimum Gasteiger partial charge on any atom is -0.467 e. The average Bonchev–Trinajstić information content (AvgIpc) is 2.61. The number of benzene rings is 1. The summed E-state index contributed by atoms with van der Waals surface area (Å²) in [5, 5.41) is 11.7. The highest BCUT2D eigenvalue weighted by atomic mass is 16.5. The minimum atomic E-state index is -0.899. The molecular weight excluding hydrogens is 294 g/mol. The molecular formula is C17H15N3O3. The van der Waals surface area contributed by atoms with Crippen molar-refractivity contribution >= 4 is 11.9 Å². The number of hydrogen-bond donors (Lipinski definition) is 1. The summed E-state index contributed by atoms with van der Waals surface area (Å²) in [6.07, 6.45) is 1.65. The van der Waals surface area contributed by atoms with Crippen LogP contribution in [-0.4, -0.2) is 30.0 Å². The topological polar surface area (TPSA) is 92.1 Å². The van der Waals surface area contributed by atoms with E-state index in [1.54, 1.807) is 42.5 Å². The van der Waals surface area contributed by atoms with E-state index in [0.29, 0.717) is 11.1 Å². The number of nitriles is 1. The molecule has 1 N–H and O–H groups in total. The fraction of sp³-hybridized carbons (Fsp3) is 0.176. The first-order valence-electron chi connectivity index (χ1n) is 6.93. The van der Waals surface area contributed by atoms with E-state index in [1.807, 2.05) is 0 Å². The number of nitrogens with zero attached hydrogens (tertiary/aromatic N) is 2. The fourth-order valence-corrected chi connectivity index (χ4v) is 2.09. The molecule has 1 heterocycles. The zero-order valence-corrected chi connectivity index (χ0v) is 12.5. The van der Waals surface area contributed by atoms with E-state index in [2.05, 4.69) is 16.4 Å². The van der Waals surface area contributed by atoms with Gasteiger partial charge >= 0.3 is 5.97 Å². The van der Waals surface area contributed by atoms with E-state index in [0.717, 1.165) is 0 Å². The highest BCUT2D eigenvalue weighted by molar-refractivity contribution is 5.95. The predicted molar refractivity (Wildman–Crippen MR) is 82.4 cm³/mol. The highest BCUT2D eigenvalue weighted by Crippen LogP contribution is 2.11. The molecule has 1 atom stereocenters. The van der Waals surface area contributed by atoms with Crippen LogP contribution in [0.1, 0.15) is 21.6 Å². The second kappa shape index (κ2) is 7.71. The standard InChI is InChI=1S/C17H15N3O3/c1-23-17(22)15(10-12-6-2-3-7-13(12)11-18)20-16(21)14-8-4-5-9-19-14/h2-9,15H,10H2,1H3,(H,20,21)/t15-/m0/s1. The monoisotopic (exact) mass is 309 g/mol. The Labute approximate surface area is 133 Å². The van der Waals surface area contributed by atoms with Crippen molar-refractivity contribution in [1.82, 2.24) is 10.3 Å². The molecule has 6 nitrogen and oxygen atoms in total. The minimum absolute atomic E-state index is 0.162. The Morgan fingerprint density at radius 2 is 2.00 bits per heavy atom. The zero-order valence-electron chi connectivity index (χ0n) is 12.5. The molecule has 1 aromatic heterocycles. The van der Waals surface area contributed by atoms with E-state index in [4.69, 9.17) is 10.00 Å². The second-order valence-electron chi connectivity index (χ2n) is 4.74. The lowest BCUT2D eigenvalue weighted by molar-refractivity contribution is -0.142. The lowest BCUT2D eigenvalue weighted by atomic mass is 10.0. The number of ether oxygens (including phenoxy) is 1. The average molecular weight is 309 g/mol. The van der Waals surface area contributed by atoms with Crippen LogP contribution in [0.3, 0.4) is 0 Å². The van der Waals surface area contributed by atoms with Gasteiger partial charge in [-0.05, 0) is 23.8 Å². The largest absolute Gasteiger partial charge is 0.467 e. The molecule has 0 spiro atoms. The van der Waals surface area contributed by atoms with Gasteiger partial charge in [-0.15, -0.1) is 0 Å². The molecule has 0 bridgehead atoms. The molecule has 0 saturated carbocycles. The van der Waals surface area contributed by atoms with Crippen LogP contribution < -0.4 is 5.32 Å². The Kier molecular flexibility index (Phi) is 5.42. The Balaban J connectivity index is 2.20. The summed E-state index contributed by atoms with van der Waals surface area (Å²) in [5.74, 6) is -1.06. The van der Waals surface area contributed by atoms with Crippen LogP contribution in [0.5, 0.6) is 0 Å². The number of amides is 1. The van der Waals surface area contributed by atoms with Crippen LogP contribution in [0.15, 0.2) is 48.7 Å². The molecule has 0 saturated heterocycles. The maximum atomic E-state index is 12.2. The third-order valence-corrected chi connectivity index (χ3v) is 3.25. The summed E-state index contributed by atoms with van der Waals surface area (Å²) in [4.78, 5) is 28.1. The Morgan fingerprint density at radius 1 is 1.26 bits per heavy atom. The van der Waals surface area contributed by atoms with Gasteiger partial charge in [-0.3, -0.25) is 9.78 Å². The molecule has 116 valence electrons. The number of nitrogens with one attached hydrogen (secondary N) is 1. The molecule has 2 rings (SSSR count). The number of hydrogen-bond acceptors (Lipinski definition) is 5. The van der Waals surface area contributed by atoms with Crippen LogP contribution >= 0.6 is 0 Å². The van der Waals surface area contributed by atoms with Gasteiger partial charge in [0.15, 0.2) is 0 Å². The van der Waals surface area contributed by atoms with Crippen molar-refractivity contribution in [2.45, 2.75) is 12.5 Å². The normalized spacial score (nSPS) is 11.1. The second-order valence-corrected chi connectivity index (χ2v) is 4.74. The van der Waals surface area contributed by atoms with Crippen molar-refractivity contribution in [3.05, 3.63) is 65.5 Å². The number of esters is 1. The summed E-state index contributed by atoms with van der Waals surface area (Å²) in [7, 11) is 1.25. The van der Waals surface area contributed by atoms with Gasteiger partial charge in [-0.1, -0.05) is 24.3 Å². The van der Waals surface area contributed by atoms with E-state index >= 15 is 0 Å². The first-order chi connectivity index (χ1) is 11.2. The van der Waals surface area contributed by atoms with Gasteiger partial charge < -0.3 is 10.1 Å². The quantitative estimate of drug-likeness (QED) is 0.844. The van der Waals surface area contributed by atoms with Crippen molar-refractivity contribution in [2.24, 2.45) is 0 Å². The lowest BCUT2D eigenvalue weighted by Crippen LogP contribution is -2.43. The Morgan fingerprint density at radius 3 is 2.65 bits per heavy atom. The van der Waals surface area contributed by atoms with Crippen molar-refractivity contribution in [2.75, 3.05) is 7.11 Å². The number of pyridine rings is 1. The Bertz CT molecular complexity index is 738. The fourth-order valence-electron chi connectivity index (χ4n) is 2.09. The van der Waals surface area contributed by atoms with Gasteiger partial charge in [0.1, 0.15) is 11.7 Å². The van der Waals surface area contributed by atoms with E-state index < -0.39 is 17.9 Å². The molecule has 0 unspecified atom stereocenters. The molecule has 0 fully saturated rings. The first kappa shape index (κ1) is 16.2. The van der Waals surface area contributed by atoms with Crippen molar-refractivity contribution in [3.8, 4) is 6.07 Å². The van der Waals surface area contributed by atoms with E-state index in [9.17, 15) is 9.59 Å². The summed E-state index contributed by atoms with van der Waals surface area (Å²) >= 11 is 0. The molecule has 1 amide bonds. The summed E-state index contributed by atoms with van der Waals surface area (Å²) < 4.78 is 4.74. The molecule has 0 radical (unpaired) electrons. The molecule has 0 aliphatic heterocycles. The number of carbonyl (C=O) groups is 2. The van der Waals surface area contributed by atoms with Crippen LogP contribution in [0.4, 0.5) is 0 Å². The summed E-state index contributed by atoms with van der Waals surface area (Å²) in [5.41, 5.74) is 1.31. The predicted octanol–water partition coefficient (Wildman–Crippen LogP) is 1.47. The number of aromatic nitrogens is 1. The maximum absolute atomic E-state index is 12.2. The number of rotatable bonds is 5. The first-order valence-corrected chi connectivity index (χ1v) is 6.93. The van der Waals surface area contributed by atoms with Gasteiger partial charge in [0.2, 0.25) is 0 Å². The molecule has 2 aromatic rings. The molecule has 0 aliphatic carbocycles. The maximum Gasteiger partial charge on any atom is 0.328 e. The smallest absolute Gasteiger partial charge is 0.328 e. The molecule has 0 aliphatic rings. The van der Waals surface area contributed by atoms with Gasteiger partial charge in [0.05, 0.1) is 18.7 Å². The van der Waals surface area contributed by atoms with Crippen LogP contribution in [-0.2, 0) is 16.0 Å². The third kappa shape index (κ3) is 4.14. The van der Waals surface area contributed by atoms with Crippen molar-refractivity contribution in [3.63, 3.8) is 0 Å². The summed E-state index contributed by atoms with van der Waals surface area (Å²) in [6, 6.07) is 13.0. The van der Waals surface area contributed by atoms with Crippen LogP contribution in [0.2, 0.25) is 0 Å². The van der Waals surface area contributed by atoms with E-state index in [-0.39, 0.29) is 12.1 Å². The number of carbonyl (C=O) groups excluding carboxylic acids is 2. The Hall–Kier alpha value is -3.20. The highest BCUT2D eigenvalue weighted by Gasteiger charge is 2.24. The van der Waals surface area contributed by atoms with Crippen molar-refractivity contribution < 1.29 is 14.3 Å². The third-order valence-electron chi connectivity index (χ3n) is 3.25. The van der Waals surface area contributed by atoms with Gasteiger partial charge in [-0.25, -0.2) is 4.79 Å².